The van der Waals surface area contributed by atoms with Crippen molar-refractivity contribution in [3.8, 4) is 0 Å². The number of amidine groups is 4. The topological polar surface area (TPSA) is 207 Å². The molecule has 10 N–H and O–H groups in total. The summed E-state index contributed by atoms with van der Waals surface area (Å²) in [5.41, 5.74) is 8.64. The zero-order chi connectivity index (χ0) is 58.2. The molecule has 7 heterocycles. The lowest BCUT2D eigenvalue weighted by molar-refractivity contribution is 0.702. The van der Waals surface area contributed by atoms with Crippen molar-refractivity contribution in [3.63, 3.8) is 0 Å². The molecular formula is C60H105N17. The van der Waals surface area contributed by atoms with Gasteiger partial charge < -0.3 is 47.9 Å². The molecule has 7 rings (SSSR count). The van der Waals surface area contributed by atoms with Gasteiger partial charge in [0.25, 0.3) is 0 Å². The average molecular weight is 1060 g/mol. The highest BCUT2D eigenvalue weighted by Gasteiger charge is 2.11. The van der Waals surface area contributed by atoms with Crippen molar-refractivity contribution >= 4 is 29.1 Å². The SMILES string of the molecule is C.C=C1C=CCN=C(C(C)C)N1.C=C1C=CNC(=C)N1.C=C1C=CNCN1.C=C1CC(C(C)C)=NC=CN1.C=C1CC=CN=C(C(C)C)N1.C=C1N=NC(C(C)C)=NN1.C=C1NCN=C(C(C)C)N1.CC(C)C.CC(C)C. The molecule has 0 bridgehead atoms. The van der Waals surface area contributed by atoms with Crippen LogP contribution in [0.5, 0.6) is 0 Å². The van der Waals surface area contributed by atoms with Gasteiger partial charge in [-0.15, -0.1) is 10.2 Å². The van der Waals surface area contributed by atoms with Crippen molar-refractivity contribution in [2.45, 2.75) is 131 Å². The summed E-state index contributed by atoms with van der Waals surface area (Å²) in [7, 11) is 0. The van der Waals surface area contributed by atoms with Gasteiger partial charge in [-0.1, -0.05) is 183 Å². The Balaban J connectivity index is -0.000000812. The van der Waals surface area contributed by atoms with Crippen LogP contribution in [0.3, 0.4) is 0 Å². The second-order valence-corrected chi connectivity index (χ2v) is 20.4. The van der Waals surface area contributed by atoms with E-state index in [0.29, 0.717) is 47.9 Å². The fraction of sp³-hybridized carbons (Fsp3) is 0.483. The van der Waals surface area contributed by atoms with Crippen LogP contribution in [-0.4, -0.2) is 48.9 Å². The summed E-state index contributed by atoms with van der Waals surface area (Å²) in [6.07, 6.45) is 20.5. The Labute approximate surface area is 468 Å². The van der Waals surface area contributed by atoms with Crippen LogP contribution in [-0.2, 0) is 0 Å². The van der Waals surface area contributed by atoms with Gasteiger partial charge in [0.2, 0.25) is 0 Å². The lowest BCUT2D eigenvalue weighted by Crippen LogP contribution is -2.39. The molecule has 7 aliphatic heterocycles. The van der Waals surface area contributed by atoms with E-state index in [1.54, 1.807) is 12.4 Å². The van der Waals surface area contributed by atoms with Gasteiger partial charge in [-0.25, -0.2) is 4.99 Å². The van der Waals surface area contributed by atoms with Gasteiger partial charge in [-0.3, -0.25) is 20.4 Å². The van der Waals surface area contributed by atoms with Crippen LogP contribution in [0.25, 0.3) is 0 Å². The molecule has 0 fully saturated rings. The van der Waals surface area contributed by atoms with E-state index in [-0.39, 0.29) is 7.43 Å². The Morgan fingerprint density at radius 3 is 1.52 bits per heavy atom. The maximum atomic E-state index is 4.33. The largest absolute Gasteiger partial charge is 0.374 e. The molecule has 0 saturated heterocycles. The first kappa shape index (κ1) is 73.8. The third-order valence-electron chi connectivity index (χ3n) is 8.85. The lowest BCUT2D eigenvalue weighted by atomic mass is 10.0. The number of allylic oxidation sites excluding steroid dienone is 5. The van der Waals surface area contributed by atoms with Gasteiger partial charge in [-0.05, 0) is 42.2 Å². The Kier molecular flexibility index (Phi) is 42.0. The Hall–Kier alpha value is -7.43. The van der Waals surface area contributed by atoms with E-state index < -0.39 is 0 Å². The predicted molar refractivity (Wildman–Crippen MR) is 338 cm³/mol. The summed E-state index contributed by atoms with van der Waals surface area (Å²) in [6.45, 7) is 66.0. The van der Waals surface area contributed by atoms with E-state index in [1.807, 2.05) is 62.8 Å². The van der Waals surface area contributed by atoms with Gasteiger partial charge in [0.1, 0.15) is 24.2 Å². The van der Waals surface area contributed by atoms with E-state index >= 15 is 0 Å². The van der Waals surface area contributed by atoms with Crippen LogP contribution in [0.15, 0.2) is 195 Å². The highest BCUT2D eigenvalue weighted by molar-refractivity contribution is 5.89. The zero-order valence-corrected chi connectivity index (χ0v) is 49.6. The fourth-order valence-electron chi connectivity index (χ4n) is 5.03. The molecule has 0 aromatic carbocycles. The summed E-state index contributed by atoms with van der Waals surface area (Å²) in [6, 6.07) is 0. The third kappa shape index (κ3) is 43.5. The number of nitrogens with zero attached hydrogens (tertiary/aromatic N) is 7. The molecule has 17 nitrogen and oxygen atoms in total. The van der Waals surface area contributed by atoms with Crippen molar-refractivity contribution < 1.29 is 0 Å². The molecule has 0 unspecified atom stereocenters. The first-order chi connectivity index (χ1) is 35.6. The zero-order valence-electron chi connectivity index (χ0n) is 49.6. The molecule has 0 aromatic rings. The molecule has 7 aliphatic rings. The van der Waals surface area contributed by atoms with Gasteiger partial charge in [0.15, 0.2) is 11.7 Å². The fourth-order valence-corrected chi connectivity index (χ4v) is 5.03. The van der Waals surface area contributed by atoms with E-state index in [4.69, 9.17) is 0 Å². The van der Waals surface area contributed by atoms with Crippen LogP contribution in [0.4, 0.5) is 0 Å². The molecule has 0 radical (unpaired) electrons. The van der Waals surface area contributed by atoms with E-state index in [9.17, 15) is 0 Å². The lowest BCUT2D eigenvalue weighted by Gasteiger charge is -2.20. The first-order valence-electron chi connectivity index (χ1n) is 26.2. The summed E-state index contributed by atoms with van der Waals surface area (Å²) in [5.74, 6) is 9.71. The second-order valence-electron chi connectivity index (χ2n) is 20.4. The van der Waals surface area contributed by atoms with Crippen LogP contribution < -0.4 is 53.3 Å². The number of aliphatic imine (C=N–C) groups is 4. The van der Waals surface area contributed by atoms with Crippen LogP contribution >= 0.6 is 0 Å². The van der Waals surface area contributed by atoms with Gasteiger partial charge >= 0.3 is 0 Å². The normalized spacial score (nSPS) is 16.5. The maximum Gasteiger partial charge on any atom is 0.173 e. The Morgan fingerprint density at radius 1 is 0.494 bits per heavy atom. The minimum atomic E-state index is 0. The summed E-state index contributed by atoms with van der Waals surface area (Å²) in [4.78, 5) is 17.1. The van der Waals surface area contributed by atoms with Crippen LogP contribution in [0.2, 0.25) is 0 Å². The first-order valence-corrected chi connectivity index (χ1v) is 26.2. The third-order valence-corrected chi connectivity index (χ3v) is 8.85. The van der Waals surface area contributed by atoms with Crippen LogP contribution in [0.1, 0.15) is 131 Å². The van der Waals surface area contributed by atoms with Crippen molar-refractivity contribution in [1.82, 2.24) is 53.3 Å². The van der Waals surface area contributed by atoms with Crippen molar-refractivity contribution in [1.29, 1.82) is 0 Å². The van der Waals surface area contributed by atoms with Crippen molar-refractivity contribution in [2.75, 3.05) is 19.9 Å². The number of hydrogen-bond donors (Lipinski definition) is 10. The number of nitrogens with one attached hydrogen (secondary N) is 10. The van der Waals surface area contributed by atoms with Crippen molar-refractivity contribution in [2.24, 2.45) is 76.7 Å². The number of azo groups is 1. The molecule has 0 atom stereocenters. The minimum Gasteiger partial charge on any atom is -0.374 e. The monoisotopic (exact) mass is 1060 g/mol. The molecule has 0 amide bonds. The maximum absolute atomic E-state index is 4.33. The molecule has 430 valence electrons. The highest BCUT2D eigenvalue weighted by Crippen LogP contribution is 2.10. The minimum absolute atomic E-state index is 0. The smallest absolute Gasteiger partial charge is 0.173 e. The molecule has 0 saturated carbocycles. The number of hydrogen-bond acceptors (Lipinski definition) is 17. The van der Waals surface area contributed by atoms with E-state index in [0.717, 1.165) is 95.5 Å². The average Bonchev–Trinajstić information content (AvgIpc) is 3.81. The van der Waals surface area contributed by atoms with Crippen LogP contribution in [0, 0.1) is 41.4 Å². The van der Waals surface area contributed by atoms with E-state index in [2.05, 4.69) is 238 Å². The molecule has 17 heteroatoms. The predicted octanol–water partition coefficient (Wildman–Crippen LogP) is 12.8. The van der Waals surface area contributed by atoms with Gasteiger partial charge in [0, 0.05) is 95.5 Å². The molecule has 0 aliphatic carbocycles. The Bertz CT molecular complexity index is 2140. The Morgan fingerprint density at radius 2 is 1.08 bits per heavy atom. The molecular weight excluding hydrogens is 959 g/mol. The highest BCUT2D eigenvalue weighted by atomic mass is 15.4. The standard InChI is InChI=1S/3C9H14N2.C7H13N3.C6H10N4.C6H8N2.C5H8N2.2C4H10.CH4/c1-7(2)9-6-8(3)10-4-5-11-9;2*1-7(2)9-10-6-4-5-8(3)11-9;1-5(2)7-9-4-8-6(3)10-7;1-4(2)6-9-7-5(3)8-10-6;1-5-3-4-7-6(2)8-5;1-5-2-3-6-4-7-5;2*1-4(2)3;/h4-5,7,10H,3,6H2,1-2H3;4,6-7H,3,5H2,1-2H3,(H,10,11);4-5,7H,3,6H2,1-2H3,(H,10,11);5,8H,3-4H2,1-2H3,(H,9,10);4,7H,3H2,1-2H3;3-4,7-8H,1-2H2;2-3,6-7H,1,4H2;2*4H,1-3H3;1H4. The number of rotatable bonds is 5. The summed E-state index contributed by atoms with van der Waals surface area (Å²) < 4.78 is 0. The molecule has 0 spiro atoms. The van der Waals surface area contributed by atoms with E-state index in [1.165, 1.54) is 5.71 Å². The summed E-state index contributed by atoms with van der Waals surface area (Å²) >= 11 is 0. The quantitative estimate of drug-likeness (QED) is 0.126. The van der Waals surface area contributed by atoms with Gasteiger partial charge in [-0.2, -0.15) is 5.10 Å². The molecule has 77 heavy (non-hydrogen) atoms. The number of hydrazone groups is 1. The van der Waals surface area contributed by atoms with Gasteiger partial charge in [0.05, 0.1) is 24.9 Å². The second kappa shape index (κ2) is 43.8. The van der Waals surface area contributed by atoms with Crippen molar-refractivity contribution in [3.05, 3.63) is 160 Å². The molecule has 0 aromatic heterocycles. The summed E-state index contributed by atoms with van der Waals surface area (Å²) in [5, 5.41) is 38.6.